The van der Waals surface area contributed by atoms with Crippen LogP contribution in [-0.2, 0) is 14.3 Å². The van der Waals surface area contributed by atoms with Crippen LogP contribution in [-0.4, -0.2) is 62.0 Å². The molecule has 0 aliphatic carbocycles. The van der Waals surface area contributed by atoms with Crippen LogP contribution >= 0.6 is 0 Å². The molecule has 0 aromatic carbocycles. The summed E-state index contributed by atoms with van der Waals surface area (Å²) in [4.78, 5) is 12.7. The van der Waals surface area contributed by atoms with E-state index in [4.69, 9.17) is 14.6 Å². The zero-order valence-corrected chi connectivity index (χ0v) is 8.60. The quantitative estimate of drug-likeness (QED) is 0.671. The van der Waals surface area contributed by atoms with Gasteiger partial charge in [-0.1, -0.05) is 0 Å². The molecule has 0 saturated carbocycles. The summed E-state index contributed by atoms with van der Waals surface area (Å²) < 4.78 is 10.1. The summed E-state index contributed by atoms with van der Waals surface area (Å²) in [6, 6.07) is -0.377. The van der Waals surface area contributed by atoms with E-state index in [0.29, 0.717) is 13.2 Å². The Bertz CT molecular complexity index is 191. The van der Waals surface area contributed by atoms with Crippen molar-refractivity contribution in [2.75, 3.05) is 34.0 Å². The summed E-state index contributed by atoms with van der Waals surface area (Å²) in [6.07, 6.45) is 0.893. The number of likely N-dealkylation sites (N-methyl/N-ethyl adjacent to an activating group) is 1. The van der Waals surface area contributed by atoms with Crippen LogP contribution in [0, 0.1) is 0 Å². The Hall–Kier alpha value is -0.650. The fourth-order valence-electron chi connectivity index (χ4n) is 1.62. The molecule has 0 aromatic rings. The average molecular weight is 203 g/mol. The highest BCUT2D eigenvalue weighted by Gasteiger charge is 2.30. The summed E-state index contributed by atoms with van der Waals surface area (Å²) in [6.45, 7) is 1.54. The van der Waals surface area contributed by atoms with Gasteiger partial charge < -0.3 is 14.6 Å². The Labute approximate surface area is 83.6 Å². The van der Waals surface area contributed by atoms with Gasteiger partial charge in [-0.3, -0.25) is 9.69 Å². The van der Waals surface area contributed by atoms with Gasteiger partial charge in [-0.25, -0.2) is 0 Å². The van der Waals surface area contributed by atoms with Crippen molar-refractivity contribution in [2.45, 2.75) is 18.5 Å². The van der Waals surface area contributed by atoms with Gasteiger partial charge in [-0.15, -0.1) is 0 Å². The zero-order valence-electron chi connectivity index (χ0n) is 8.60. The molecular formula is C9H17NO4. The molecule has 1 heterocycles. The Kier molecular flexibility index (Phi) is 4.31. The van der Waals surface area contributed by atoms with Crippen LogP contribution < -0.4 is 0 Å². The maximum Gasteiger partial charge on any atom is 0.323 e. The van der Waals surface area contributed by atoms with E-state index in [1.54, 1.807) is 7.05 Å². The molecule has 5 nitrogen and oxygen atoms in total. The standard InChI is InChI=1S/C9H17NO4/c1-10(7-3-4-14-5-7)8(6-13-2)9(11)12/h7-8H,3-6H2,1-2H3,(H,11,12). The molecule has 2 unspecified atom stereocenters. The van der Waals surface area contributed by atoms with Crippen molar-refractivity contribution in [1.82, 2.24) is 4.90 Å². The van der Waals surface area contributed by atoms with Crippen molar-refractivity contribution in [1.29, 1.82) is 0 Å². The maximum absolute atomic E-state index is 10.9. The monoisotopic (exact) mass is 203 g/mol. The number of hydrogen-bond acceptors (Lipinski definition) is 4. The number of methoxy groups -OCH3 is 1. The van der Waals surface area contributed by atoms with Crippen molar-refractivity contribution in [3.63, 3.8) is 0 Å². The number of carboxylic acids is 1. The second-order valence-electron chi connectivity index (χ2n) is 3.49. The van der Waals surface area contributed by atoms with Crippen LogP contribution in [0.5, 0.6) is 0 Å². The Morgan fingerprint density at radius 2 is 2.50 bits per heavy atom. The zero-order chi connectivity index (χ0) is 10.6. The first-order valence-electron chi connectivity index (χ1n) is 4.68. The van der Waals surface area contributed by atoms with Crippen LogP contribution in [0.2, 0.25) is 0 Å². The minimum Gasteiger partial charge on any atom is -0.480 e. The maximum atomic E-state index is 10.9. The van der Waals surface area contributed by atoms with Crippen molar-refractivity contribution in [3.05, 3.63) is 0 Å². The molecule has 1 N–H and O–H groups in total. The van der Waals surface area contributed by atoms with E-state index in [0.717, 1.165) is 6.42 Å². The van der Waals surface area contributed by atoms with Gasteiger partial charge >= 0.3 is 5.97 Å². The lowest BCUT2D eigenvalue weighted by Gasteiger charge is -2.28. The molecular weight excluding hydrogens is 186 g/mol. The van der Waals surface area contributed by atoms with Crippen LogP contribution in [0.4, 0.5) is 0 Å². The summed E-state index contributed by atoms with van der Waals surface area (Å²) >= 11 is 0. The minimum atomic E-state index is -0.846. The van der Waals surface area contributed by atoms with Crippen molar-refractivity contribution in [2.24, 2.45) is 0 Å². The molecule has 1 saturated heterocycles. The topological polar surface area (TPSA) is 59.0 Å². The van der Waals surface area contributed by atoms with E-state index in [1.807, 2.05) is 4.90 Å². The van der Waals surface area contributed by atoms with Gasteiger partial charge in [0.15, 0.2) is 0 Å². The van der Waals surface area contributed by atoms with Gasteiger partial charge in [0, 0.05) is 19.8 Å². The second-order valence-corrected chi connectivity index (χ2v) is 3.49. The fourth-order valence-corrected chi connectivity index (χ4v) is 1.62. The SMILES string of the molecule is COCC(C(=O)O)N(C)C1CCOC1. The predicted octanol–water partition coefficient (Wildman–Crippen LogP) is -0.193. The lowest BCUT2D eigenvalue weighted by Crippen LogP contribution is -2.47. The molecule has 5 heteroatoms. The average Bonchev–Trinajstić information content (AvgIpc) is 2.65. The van der Waals surface area contributed by atoms with Crippen LogP contribution in [0.1, 0.15) is 6.42 Å². The largest absolute Gasteiger partial charge is 0.480 e. The predicted molar refractivity (Wildman–Crippen MR) is 50.3 cm³/mol. The molecule has 82 valence electrons. The second kappa shape index (κ2) is 5.29. The van der Waals surface area contributed by atoms with Crippen molar-refractivity contribution in [3.8, 4) is 0 Å². The summed E-state index contributed by atoms with van der Waals surface area (Å²) in [5.74, 6) is -0.846. The smallest absolute Gasteiger partial charge is 0.323 e. The molecule has 14 heavy (non-hydrogen) atoms. The summed E-state index contributed by atoms with van der Waals surface area (Å²) in [7, 11) is 3.31. The number of aliphatic carboxylic acids is 1. The number of carboxylic acid groups (broad SMARTS) is 1. The van der Waals surface area contributed by atoms with E-state index >= 15 is 0 Å². The van der Waals surface area contributed by atoms with Crippen LogP contribution in [0.25, 0.3) is 0 Å². The molecule has 0 bridgehead atoms. The fraction of sp³-hybridized carbons (Fsp3) is 0.889. The molecule has 0 radical (unpaired) electrons. The van der Waals surface area contributed by atoms with Gasteiger partial charge in [0.1, 0.15) is 6.04 Å². The third-order valence-corrected chi connectivity index (χ3v) is 2.58. The van der Waals surface area contributed by atoms with E-state index < -0.39 is 12.0 Å². The highest BCUT2D eigenvalue weighted by Crippen LogP contribution is 2.13. The van der Waals surface area contributed by atoms with Gasteiger partial charge in [0.05, 0.1) is 13.2 Å². The first-order valence-corrected chi connectivity index (χ1v) is 4.68. The number of ether oxygens (including phenoxy) is 2. The Balaban J connectivity index is 2.52. The van der Waals surface area contributed by atoms with Crippen LogP contribution in [0.3, 0.4) is 0 Å². The Morgan fingerprint density at radius 3 is 2.93 bits per heavy atom. The highest BCUT2D eigenvalue weighted by atomic mass is 16.5. The lowest BCUT2D eigenvalue weighted by atomic mass is 10.1. The molecule has 1 aliphatic heterocycles. The molecule has 1 rings (SSSR count). The molecule has 0 aromatic heterocycles. The summed E-state index contributed by atoms with van der Waals surface area (Å²) in [5.41, 5.74) is 0. The lowest BCUT2D eigenvalue weighted by molar-refractivity contribution is -0.145. The van der Waals surface area contributed by atoms with Gasteiger partial charge in [0.2, 0.25) is 0 Å². The molecule has 0 spiro atoms. The van der Waals surface area contributed by atoms with Gasteiger partial charge in [-0.2, -0.15) is 0 Å². The molecule has 0 amide bonds. The Morgan fingerprint density at radius 1 is 1.79 bits per heavy atom. The van der Waals surface area contributed by atoms with Crippen molar-refractivity contribution < 1.29 is 19.4 Å². The van der Waals surface area contributed by atoms with E-state index in [9.17, 15) is 4.79 Å². The number of carbonyl (C=O) groups is 1. The van der Waals surface area contributed by atoms with Gasteiger partial charge in [0.25, 0.3) is 0 Å². The van der Waals surface area contributed by atoms with E-state index in [-0.39, 0.29) is 12.6 Å². The molecule has 1 fully saturated rings. The minimum absolute atomic E-state index is 0.200. The molecule has 2 atom stereocenters. The third-order valence-electron chi connectivity index (χ3n) is 2.58. The van der Waals surface area contributed by atoms with Crippen LogP contribution in [0.15, 0.2) is 0 Å². The number of rotatable bonds is 5. The number of hydrogen-bond donors (Lipinski definition) is 1. The first-order chi connectivity index (χ1) is 6.66. The highest BCUT2D eigenvalue weighted by molar-refractivity contribution is 5.73. The van der Waals surface area contributed by atoms with Gasteiger partial charge in [-0.05, 0) is 13.5 Å². The van der Waals surface area contributed by atoms with E-state index in [1.165, 1.54) is 7.11 Å². The normalized spacial score (nSPS) is 24.1. The third kappa shape index (κ3) is 2.67. The summed E-state index contributed by atoms with van der Waals surface area (Å²) in [5, 5.41) is 8.97. The number of nitrogens with zero attached hydrogens (tertiary/aromatic N) is 1. The molecule has 1 aliphatic rings. The first kappa shape index (κ1) is 11.4. The van der Waals surface area contributed by atoms with E-state index in [2.05, 4.69) is 0 Å². The van der Waals surface area contributed by atoms with Crippen molar-refractivity contribution >= 4 is 5.97 Å².